The normalized spacial score (nSPS) is 25.0. The van der Waals surface area contributed by atoms with Gasteiger partial charge in [-0.25, -0.2) is 0 Å². The van der Waals surface area contributed by atoms with Crippen molar-refractivity contribution in [3.8, 4) is 16.2 Å². The van der Waals surface area contributed by atoms with E-state index in [2.05, 4.69) is 23.5 Å². The topological polar surface area (TPSA) is 58.6 Å². The Morgan fingerprint density at radius 3 is 2.66 bits per heavy atom. The molecular weight excluding hydrogens is 418 g/mol. The zero-order valence-corrected chi connectivity index (χ0v) is 19.1. The van der Waals surface area contributed by atoms with Crippen molar-refractivity contribution < 1.29 is 14.6 Å². The largest absolute Gasteiger partial charge is 0.487 e. The minimum absolute atomic E-state index is 0.0377. The monoisotopic (exact) mass is 447 g/mol. The van der Waals surface area contributed by atoms with Crippen LogP contribution in [0.25, 0.3) is 10.4 Å². The van der Waals surface area contributed by atoms with Gasteiger partial charge in [-0.05, 0) is 55.9 Å². The molecule has 1 aromatic heterocycles. The molecule has 0 spiro atoms. The van der Waals surface area contributed by atoms with Crippen LogP contribution in [0.5, 0.6) is 5.75 Å². The van der Waals surface area contributed by atoms with E-state index in [9.17, 15) is 9.90 Å². The van der Waals surface area contributed by atoms with E-state index in [1.807, 2.05) is 49.4 Å². The number of aryl methyl sites for hydroxylation is 2. The Labute approximate surface area is 193 Å². The molecule has 1 fully saturated rings. The molecular formula is C27H29NO3S. The van der Waals surface area contributed by atoms with Crippen LogP contribution in [-0.2, 0) is 6.42 Å². The number of para-hydroxylation sites is 1. The standard InChI is InChI=1S/C27H29NO3S/c1-17-7-5-6-10-22(17)31-23-13-12-21(27(23)30)28-16-19-11-14-24-20(26(19)29)15-25(32-24)18-8-3-2-4-9-18/h2-10,15,19,21,23,27-28,30H,11-14,16H2,1H3/t19?,21-,23-,27-/m1/s1. The highest BCUT2D eigenvalue weighted by molar-refractivity contribution is 7.15. The van der Waals surface area contributed by atoms with Gasteiger partial charge in [-0.2, -0.15) is 0 Å². The summed E-state index contributed by atoms with van der Waals surface area (Å²) in [5.41, 5.74) is 3.13. The van der Waals surface area contributed by atoms with E-state index >= 15 is 0 Å². The highest BCUT2D eigenvalue weighted by Gasteiger charge is 2.37. The number of benzene rings is 2. The van der Waals surface area contributed by atoms with E-state index in [0.717, 1.165) is 42.6 Å². The van der Waals surface area contributed by atoms with E-state index in [4.69, 9.17) is 4.74 Å². The third-order valence-electron chi connectivity index (χ3n) is 6.78. The molecule has 0 amide bonds. The number of thiophene rings is 1. The van der Waals surface area contributed by atoms with E-state index in [-0.39, 0.29) is 23.8 Å². The van der Waals surface area contributed by atoms with Crippen molar-refractivity contribution in [1.82, 2.24) is 5.32 Å². The van der Waals surface area contributed by atoms with Crippen LogP contribution >= 0.6 is 11.3 Å². The van der Waals surface area contributed by atoms with Crippen LogP contribution < -0.4 is 10.1 Å². The molecule has 0 saturated heterocycles. The second-order valence-corrected chi connectivity index (χ2v) is 10.1. The van der Waals surface area contributed by atoms with Crippen molar-refractivity contribution in [3.63, 3.8) is 0 Å². The Balaban J connectivity index is 1.20. The number of Topliss-reactive ketones (excluding diaryl/α,β-unsaturated/α-hetero) is 1. The van der Waals surface area contributed by atoms with Gasteiger partial charge < -0.3 is 15.2 Å². The van der Waals surface area contributed by atoms with Gasteiger partial charge in [0, 0.05) is 33.8 Å². The maximum absolute atomic E-state index is 13.2. The second-order valence-electron chi connectivity index (χ2n) is 8.92. The van der Waals surface area contributed by atoms with Crippen LogP contribution in [0.4, 0.5) is 0 Å². The van der Waals surface area contributed by atoms with E-state index in [1.54, 1.807) is 11.3 Å². The lowest BCUT2D eigenvalue weighted by Crippen LogP contribution is -2.44. The summed E-state index contributed by atoms with van der Waals surface area (Å²) in [5, 5.41) is 14.3. The molecule has 2 aliphatic rings. The van der Waals surface area contributed by atoms with Crippen LogP contribution in [0, 0.1) is 12.8 Å². The third-order valence-corrected chi connectivity index (χ3v) is 8.02. The molecule has 0 aliphatic heterocycles. The lowest BCUT2D eigenvalue weighted by atomic mass is 9.86. The number of carbonyl (C=O) groups excluding carboxylic acids is 1. The quantitative estimate of drug-likeness (QED) is 0.557. The Morgan fingerprint density at radius 1 is 1.06 bits per heavy atom. The molecule has 1 saturated carbocycles. The first-order chi connectivity index (χ1) is 15.6. The average molecular weight is 448 g/mol. The number of aliphatic hydroxyl groups is 1. The second kappa shape index (κ2) is 9.18. The van der Waals surface area contributed by atoms with Gasteiger partial charge in [-0.15, -0.1) is 11.3 Å². The van der Waals surface area contributed by atoms with Gasteiger partial charge in [0.2, 0.25) is 0 Å². The highest BCUT2D eigenvalue weighted by Crippen LogP contribution is 2.37. The van der Waals surface area contributed by atoms with Crippen LogP contribution in [0.3, 0.4) is 0 Å². The van der Waals surface area contributed by atoms with Gasteiger partial charge in [0.1, 0.15) is 18.0 Å². The molecule has 0 bridgehead atoms. The van der Waals surface area contributed by atoms with Crippen LogP contribution in [0.2, 0.25) is 0 Å². The van der Waals surface area contributed by atoms with Gasteiger partial charge >= 0.3 is 0 Å². The summed E-state index contributed by atoms with van der Waals surface area (Å²) in [5.74, 6) is 1.03. The summed E-state index contributed by atoms with van der Waals surface area (Å²) < 4.78 is 6.10. The lowest BCUT2D eigenvalue weighted by Gasteiger charge is -2.26. The van der Waals surface area contributed by atoms with Crippen molar-refractivity contribution >= 4 is 17.1 Å². The average Bonchev–Trinajstić information content (AvgIpc) is 3.40. The van der Waals surface area contributed by atoms with Gasteiger partial charge in [0.05, 0.1) is 0 Å². The number of ether oxygens (including phenoxy) is 1. The summed E-state index contributed by atoms with van der Waals surface area (Å²) in [6, 6.07) is 20.2. The summed E-state index contributed by atoms with van der Waals surface area (Å²) >= 11 is 1.74. The molecule has 5 heteroatoms. The van der Waals surface area contributed by atoms with Crippen molar-refractivity contribution in [2.24, 2.45) is 5.92 Å². The maximum atomic E-state index is 13.2. The fourth-order valence-corrected chi connectivity index (χ4v) is 6.05. The number of rotatable bonds is 6. The summed E-state index contributed by atoms with van der Waals surface area (Å²) in [4.78, 5) is 15.5. The third kappa shape index (κ3) is 4.25. The first kappa shape index (κ1) is 21.4. The SMILES string of the molecule is Cc1ccccc1O[C@@H]1CC[C@@H](NCC2CCc3sc(-c4ccccc4)cc3C2=O)[C@H]1O. The summed E-state index contributed by atoms with van der Waals surface area (Å²) in [6.45, 7) is 2.62. The van der Waals surface area contributed by atoms with Crippen LogP contribution in [0.15, 0.2) is 60.7 Å². The molecule has 3 aromatic rings. The lowest BCUT2D eigenvalue weighted by molar-refractivity contribution is 0.0438. The van der Waals surface area contributed by atoms with E-state index in [0.29, 0.717) is 6.54 Å². The number of fused-ring (bicyclic) bond motifs is 1. The van der Waals surface area contributed by atoms with Crippen molar-refractivity contribution in [3.05, 3.63) is 76.7 Å². The van der Waals surface area contributed by atoms with Crippen molar-refractivity contribution in [2.75, 3.05) is 6.54 Å². The molecule has 1 heterocycles. The first-order valence-corrected chi connectivity index (χ1v) is 12.3. The Morgan fingerprint density at radius 2 is 1.84 bits per heavy atom. The minimum atomic E-state index is -0.574. The molecule has 2 aliphatic carbocycles. The zero-order valence-electron chi connectivity index (χ0n) is 18.3. The van der Waals surface area contributed by atoms with E-state index < -0.39 is 6.10 Å². The van der Waals surface area contributed by atoms with E-state index in [1.165, 1.54) is 15.3 Å². The number of nitrogens with one attached hydrogen (secondary N) is 1. The molecule has 5 rings (SSSR count). The molecule has 32 heavy (non-hydrogen) atoms. The van der Waals surface area contributed by atoms with Crippen molar-refractivity contribution in [2.45, 2.75) is 50.9 Å². The smallest absolute Gasteiger partial charge is 0.168 e. The minimum Gasteiger partial charge on any atom is -0.487 e. The highest BCUT2D eigenvalue weighted by atomic mass is 32.1. The molecule has 2 aromatic carbocycles. The Kier molecular flexibility index (Phi) is 6.13. The molecule has 4 nitrogen and oxygen atoms in total. The van der Waals surface area contributed by atoms with Crippen molar-refractivity contribution in [1.29, 1.82) is 0 Å². The summed E-state index contributed by atoms with van der Waals surface area (Å²) in [7, 11) is 0. The molecule has 4 atom stereocenters. The number of hydrogen-bond donors (Lipinski definition) is 2. The fraction of sp³-hybridized carbons (Fsp3) is 0.370. The fourth-order valence-electron chi connectivity index (χ4n) is 4.86. The first-order valence-electron chi connectivity index (χ1n) is 11.5. The van der Waals surface area contributed by atoms with Gasteiger partial charge in [0.25, 0.3) is 0 Å². The Hall–Kier alpha value is -2.47. The van der Waals surface area contributed by atoms with Gasteiger partial charge in [-0.3, -0.25) is 4.79 Å². The van der Waals surface area contributed by atoms with Crippen LogP contribution in [-0.4, -0.2) is 35.7 Å². The zero-order chi connectivity index (χ0) is 22.1. The number of hydrogen-bond acceptors (Lipinski definition) is 5. The number of aliphatic hydroxyl groups excluding tert-OH is 1. The van der Waals surface area contributed by atoms with Gasteiger partial charge in [-0.1, -0.05) is 48.5 Å². The van der Waals surface area contributed by atoms with Gasteiger partial charge in [0.15, 0.2) is 5.78 Å². The maximum Gasteiger partial charge on any atom is 0.168 e. The predicted octanol–water partition coefficient (Wildman–Crippen LogP) is 5.03. The summed E-state index contributed by atoms with van der Waals surface area (Å²) in [6.07, 6.45) is 2.67. The van der Waals surface area contributed by atoms with Crippen LogP contribution in [0.1, 0.15) is 40.1 Å². The number of carbonyl (C=O) groups is 1. The molecule has 2 N–H and O–H groups in total. The Bertz CT molecular complexity index is 1090. The molecule has 1 unspecified atom stereocenters. The molecule has 166 valence electrons. The number of ketones is 1. The molecule has 0 radical (unpaired) electrons. The predicted molar refractivity (Wildman–Crippen MR) is 129 cm³/mol.